The summed E-state index contributed by atoms with van der Waals surface area (Å²) in [5.41, 5.74) is 4.51. The molecule has 0 saturated carbocycles. The van der Waals surface area contributed by atoms with Crippen molar-refractivity contribution in [3.8, 4) is 0 Å². The molecular weight excluding hydrogens is 392 g/mol. The quantitative estimate of drug-likeness (QED) is 0.663. The third-order valence-electron chi connectivity index (χ3n) is 4.85. The van der Waals surface area contributed by atoms with E-state index in [0.29, 0.717) is 28.5 Å². The van der Waals surface area contributed by atoms with Crippen molar-refractivity contribution in [1.82, 2.24) is 9.78 Å². The van der Waals surface area contributed by atoms with Crippen LogP contribution in [0.25, 0.3) is 6.08 Å². The lowest BCUT2D eigenvalue weighted by Gasteiger charge is -2.16. The number of aromatic nitrogens is 2. The second-order valence-corrected chi connectivity index (χ2v) is 7.16. The maximum absolute atomic E-state index is 12.6. The van der Waals surface area contributed by atoms with E-state index in [1.165, 1.54) is 18.6 Å². The van der Waals surface area contributed by atoms with Crippen LogP contribution in [-0.2, 0) is 18.3 Å². The number of rotatable bonds is 4. The Hall–Kier alpha value is -3.32. The fourth-order valence-corrected chi connectivity index (χ4v) is 3.65. The molecule has 2 amide bonds. The first-order chi connectivity index (χ1) is 13.9. The largest absolute Gasteiger partial charge is 0.472 e. The van der Waals surface area contributed by atoms with Crippen LogP contribution in [0.4, 0.5) is 11.4 Å². The third kappa shape index (κ3) is 3.69. The van der Waals surface area contributed by atoms with Gasteiger partial charge in [0.05, 0.1) is 17.5 Å². The van der Waals surface area contributed by atoms with Crippen LogP contribution >= 0.6 is 11.6 Å². The first-order valence-corrected chi connectivity index (χ1v) is 9.47. The van der Waals surface area contributed by atoms with Crippen molar-refractivity contribution >= 4 is 40.9 Å². The first kappa shape index (κ1) is 19.0. The minimum atomic E-state index is -0.270. The van der Waals surface area contributed by atoms with E-state index < -0.39 is 0 Å². The predicted molar refractivity (Wildman–Crippen MR) is 111 cm³/mol. The summed E-state index contributed by atoms with van der Waals surface area (Å²) < 4.78 is 6.56. The van der Waals surface area contributed by atoms with Crippen molar-refractivity contribution in [2.75, 3.05) is 16.8 Å². The molecule has 1 aliphatic heterocycles. The van der Waals surface area contributed by atoms with Crippen LogP contribution < -0.4 is 10.2 Å². The molecule has 8 heteroatoms. The average Bonchev–Trinajstić information content (AvgIpc) is 3.41. The van der Waals surface area contributed by atoms with E-state index in [1.807, 2.05) is 19.1 Å². The van der Waals surface area contributed by atoms with Crippen molar-refractivity contribution in [1.29, 1.82) is 0 Å². The van der Waals surface area contributed by atoms with Crippen LogP contribution in [0, 0.1) is 6.92 Å². The maximum atomic E-state index is 12.6. The van der Waals surface area contributed by atoms with Crippen LogP contribution in [0.1, 0.15) is 27.2 Å². The molecule has 29 heavy (non-hydrogen) atoms. The van der Waals surface area contributed by atoms with Gasteiger partial charge < -0.3 is 14.6 Å². The standard InChI is InChI=1S/C21H19ClN4O3/c1-13-17(20(22)25(2)24-13)4-6-19(27)23-16-3-5-18-14(11-16)7-9-26(18)21(28)15-8-10-29-12-15/h3-6,8,10-12H,7,9H2,1-2H3,(H,23,27)/b6-4+. The zero-order valence-corrected chi connectivity index (χ0v) is 16.7. The number of anilines is 2. The fraction of sp³-hybridized carbons (Fsp3) is 0.190. The molecule has 1 aliphatic rings. The van der Waals surface area contributed by atoms with Crippen LogP contribution in [0.3, 0.4) is 0 Å². The number of nitrogens with one attached hydrogen (secondary N) is 1. The molecule has 0 unspecified atom stereocenters. The van der Waals surface area contributed by atoms with Gasteiger partial charge in [0.15, 0.2) is 0 Å². The summed E-state index contributed by atoms with van der Waals surface area (Å²) in [4.78, 5) is 26.6. The number of hydrogen-bond acceptors (Lipinski definition) is 4. The number of nitrogens with zero attached hydrogens (tertiary/aromatic N) is 3. The summed E-state index contributed by atoms with van der Waals surface area (Å²) in [6.45, 7) is 2.43. The van der Waals surface area contributed by atoms with Crippen LogP contribution in [0.15, 0.2) is 47.3 Å². The monoisotopic (exact) mass is 410 g/mol. The molecule has 2 aromatic heterocycles. The summed E-state index contributed by atoms with van der Waals surface area (Å²) in [6.07, 6.45) is 6.73. The molecular formula is C21H19ClN4O3. The number of aryl methyl sites for hydroxylation is 2. The van der Waals surface area contributed by atoms with E-state index in [4.69, 9.17) is 16.0 Å². The van der Waals surface area contributed by atoms with Crippen molar-refractivity contribution < 1.29 is 14.0 Å². The summed E-state index contributed by atoms with van der Waals surface area (Å²) in [5.74, 6) is -0.366. The molecule has 4 rings (SSSR count). The van der Waals surface area contributed by atoms with E-state index >= 15 is 0 Å². The molecule has 0 radical (unpaired) electrons. The topological polar surface area (TPSA) is 80.4 Å². The van der Waals surface area contributed by atoms with Gasteiger partial charge in [0.1, 0.15) is 11.4 Å². The summed E-state index contributed by atoms with van der Waals surface area (Å²) in [5, 5.41) is 7.54. The number of furan rings is 1. The zero-order valence-electron chi connectivity index (χ0n) is 16.0. The van der Waals surface area contributed by atoms with Gasteiger partial charge in [0.25, 0.3) is 5.91 Å². The second kappa shape index (κ2) is 7.60. The van der Waals surface area contributed by atoms with Gasteiger partial charge in [-0.05, 0) is 49.2 Å². The summed E-state index contributed by atoms with van der Waals surface area (Å²) in [6, 6.07) is 7.18. The summed E-state index contributed by atoms with van der Waals surface area (Å²) in [7, 11) is 1.75. The Balaban J connectivity index is 1.46. The molecule has 0 atom stereocenters. The van der Waals surface area contributed by atoms with E-state index in [0.717, 1.165) is 23.4 Å². The molecule has 148 valence electrons. The van der Waals surface area contributed by atoms with Gasteiger partial charge in [0.2, 0.25) is 5.91 Å². The van der Waals surface area contributed by atoms with Crippen LogP contribution in [0.2, 0.25) is 5.15 Å². The molecule has 0 saturated heterocycles. The van der Waals surface area contributed by atoms with Crippen molar-refractivity contribution in [3.05, 3.63) is 70.4 Å². The van der Waals surface area contributed by atoms with Gasteiger partial charge in [0, 0.05) is 36.6 Å². The molecule has 0 fully saturated rings. The molecule has 0 aliphatic carbocycles. The Labute approximate surface area is 172 Å². The highest BCUT2D eigenvalue weighted by molar-refractivity contribution is 6.31. The molecule has 0 spiro atoms. The molecule has 1 aromatic carbocycles. The highest BCUT2D eigenvalue weighted by Gasteiger charge is 2.26. The molecule has 7 nitrogen and oxygen atoms in total. The van der Waals surface area contributed by atoms with Gasteiger partial charge >= 0.3 is 0 Å². The van der Waals surface area contributed by atoms with Gasteiger partial charge in [-0.25, -0.2) is 0 Å². The molecule has 3 aromatic rings. The Morgan fingerprint density at radius 2 is 2.14 bits per heavy atom. The Kier molecular flexibility index (Phi) is 4.98. The lowest BCUT2D eigenvalue weighted by Crippen LogP contribution is -2.28. The Morgan fingerprint density at radius 3 is 2.83 bits per heavy atom. The van der Waals surface area contributed by atoms with Crippen molar-refractivity contribution in [2.24, 2.45) is 7.05 Å². The molecule has 0 bridgehead atoms. The highest BCUT2D eigenvalue weighted by Crippen LogP contribution is 2.31. The highest BCUT2D eigenvalue weighted by atomic mass is 35.5. The SMILES string of the molecule is Cc1nn(C)c(Cl)c1/C=C/C(=O)Nc1ccc2c(c1)CCN2C(=O)c1ccoc1. The van der Waals surface area contributed by atoms with E-state index in [1.54, 1.807) is 34.8 Å². The average molecular weight is 411 g/mol. The summed E-state index contributed by atoms with van der Waals surface area (Å²) >= 11 is 6.18. The number of amides is 2. The van der Waals surface area contributed by atoms with Gasteiger partial charge in [-0.3, -0.25) is 14.3 Å². The number of halogens is 1. The zero-order chi connectivity index (χ0) is 20.5. The second-order valence-electron chi connectivity index (χ2n) is 6.80. The number of benzene rings is 1. The van der Waals surface area contributed by atoms with E-state index in [2.05, 4.69) is 10.4 Å². The number of carbonyl (C=O) groups excluding carboxylic acids is 2. The number of fused-ring (bicyclic) bond motifs is 1. The Morgan fingerprint density at radius 1 is 1.31 bits per heavy atom. The number of carbonyl (C=O) groups is 2. The minimum absolute atomic E-state index is 0.0964. The smallest absolute Gasteiger partial charge is 0.261 e. The number of hydrogen-bond donors (Lipinski definition) is 1. The van der Waals surface area contributed by atoms with Crippen molar-refractivity contribution in [3.63, 3.8) is 0 Å². The minimum Gasteiger partial charge on any atom is -0.472 e. The lowest BCUT2D eigenvalue weighted by atomic mass is 10.1. The van der Waals surface area contributed by atoms with Crippen molar-refractivity contribution in [2.45, 2.75) is 13.3 Å². The third-order valence-corrected chi connectivity index (χ3v) is 5.30. The van der Waals surface area contributed by atoms with Crippen LogP contribution in [0.5, 0.6) is 0 Å². The maximum Gasteiger partial charge on any atom is 0.261 e. The Bertz CT molecular complexity index is 1120. The fourth-order valence-electron chi connectivity index (χ4n) is 3.41. The van der Waals surface area contributed by atoms with Gasteiger partial charge in [-0.1, -0.05) is 11.6 Å². The van der Waals surface area contributed by atoms with E-state index in [-0.39, 0.29) is 11.8 Å². The first-order valence-electron chi connectivity index (χ1n) is 9.09. The van der Waals surface area contributed by atoms with Gasteiger partial charge in [-0.15, -0.1) is 0 Å². The van der Waals surface area contributed by atoms with E-state index in [9.17, 15) is 9.59 Å². The van der Waals surface area contributed by atoms with Gasteiger partial charge in [-0.2, -0.15) is 5.10 Å². The van der Waals surface area contributed by atoms with Crippen LogP contribution in [-0.4, -0.2) is 28.1 Å². The molecule has 3 heterocycles. The lowest BCUT2D eigenvalue weighted by molar-refractivity contribution is -0.111. The molecule has 1 N–H and O–H groups in total. The normalized spacial score (nSPS) is 13.1. The predicted octanol–water partition coefficient (Wildman–Crippen LogP) is 3.83.